The Hall–Kier alpha value is -0.900. The van der Waals surface area contributed by atoms with Gasteiger partial charge in [0.2, 0.25) is 0 Å². The zero-order valence-electron chi connectivity index (χ0n) is 10.6. The molecular weight excluding hydrogens is 297 g/mol. The number of amides is 1. The first-order valence-electron chi connectivity index (χ1n) is 6.12. The van der Waals surface area contributed by atoms with Crippen LogP contribution in [0.3, 0.4) is 0 Å². The van der Waals surface area contributed by atoms with Gasteiger partial charge >= 0.3 is 0 Å². The van der Waals surface area contributed by atoms with Gasteiger partial charge < -0.3 is 4.90 Å². The zero-order chi connectivity index (χ0) is 13.3. The summed E-state index contributed by atoms with van der Waals surface area (Å²) in [5.41, 5.74) is 1.21. The van der Waals surface area contributed by atoms with Crippen LogP contribution in [0.25, 0.3) is 0 Å². The number of alkyl halides is 1. The summed E-state index contributed by atoms with van der Waals surface area (Å²) >= 11 is 3.54. The SMILES string of the molecule is Cc1cc(F)cc(C(=O)N(C)CC2CC(Br)C2)c1. The van der Waals surface area contributed by atoms with Gasteiger partial charge in [-0.3, -0.25) is 4.79 Å². The Morgan fingerprint density at radius 2 is 2.11 bits per heavy atom. The molecule has 0 atom stereocenters. The number of hydrogen-bond acceptors (Lipinski definition) is 1. The van der Waals surface area contributed by atoms with Crippen molar-refractivity contribution in [3.8, 4) is 0 Å². The lowest BCUT2D eigenvalue weighted by molar-refractivity contribution is 0.0748. The molecular formula is C14H17BrFNO. The van der Waals surface area contributed by atoms with E-state index < -0.39 is 0 Å². The molecule has 0 aromatic heterocycles. The molecule has 1 aromatic rings. The molecule has 0 bridgehead atoms. The number of carbonyl (C=O) groups is 1. The Morgan fingerprint density at radius 3 is 2.67 bits per heavy atom. The second-order valence-corrected chi connectivity index (χ2v) is 6.43. The van der Waals surface area contributed by atoms with Gasteiger partial charge in [0.1, 0.15) is 5.82 Å². The average molecular weight is 314 g/mol. The van der Waals surface area contributed by atoms with E-state index in [1.807, 2.05) is 0 Å². The van der Waals surface area contributed by atoms with Gasteiger partial charge in [0.05, 0.1) is 0 Å². The highest BCUT2D eigenvalue weighted by atomic mass is 79.9. The Morgan fingerprint density at radius 1 is 1.44 bits per heavy atom. The minimum atomic E-state index is -0.351. The van der Waals surface area contributed by atoms with Crippen molar-refractivity contribution in [3.63, 3.8) is 0 Å². The van der Waals surface area contributed by atoms with Crippen LogP contribution < -0.4 is 0 Å². The monoisotopic (exact) mass is 313 g/mol. The third-order valence-corrected chi connectivity index (χ3v) is 4.09. The summed E-state index contributed by atoms with van der Waals surface area (Å²) in [6.45, 7) is 2.54. The van der Waals surface area contributed by atoms with Crippen molar-refractivity contribution in [1.29, 1.82) is 0 Å². The minimum absolute atomic E-state index is 0.101. The first-order chi connectivity index (χ1) is 8.45. The van der Waals surface area contributed by atoms with E-state index in [4.69, 9.17) is 0 Å². The Labute approximate surface area is 115 Å². The molecule has 1 aliphatic carbocycles. The third kappa shape index (κ3) is 3.10. The fourth-order valence-corrected chi connectivity index (χ4v) is 3.41. The summed E-state index contributed by atoms with van der Waals surface area (Å²) in [4.78, 5) is 14.4. The first-order valence-corrected chi connectivity index (χ1v) is 7.04. The van der Waals surface area contributed by atoms with Crippen molar-refractivity contribution in [2.75, 3.05) is 13.6 Å². The van der Waals surface area contributed by atoms with E-state index in [9.17, 15) is 9.18 Å². The molecule has 1 aliphatic rings. The van der Waals surface area contributed by atoms with Gasteiger partial charge in [0.15, 0.2) is 0 Å². The highest BCUT2D eigenvalue weighted by molar-refractivity contribution is 9.09. The molecule has 0 unspecified atom stereocenters. The molecule has 0 N–H and O–H groups in total. The lowest BCUT2D eigenvalue weighted by atomic mass is 9.85. The van der Waals surface area contributed by atoms with Crippen molar-refractivity contribution >= 4 is 21.8 Å². The molecule has 0 saturated heterocycles. The largest absolute Gasteiger partial charge is 0.341 e. The lowest BCUT2D eigenvalue weighted by Gasteiger charge is -2.34. The number of carbonyl (C=O) groups excluding carboxylic acids is 1. The number of aryl methyl sites for hydroxylation is 1. The molecule has 1 fully saturated rings. The normalized spacial score (nSPS) is 22.4. The quantitative estimate of drug-likeness (QED) is 0.783. The molecule has 0 radical (unpaired) electrons. The van der Waals surface area contributed by atoms with Crippen molar-refractivity contribution in [3.05, 3.63) is 35.1 Å². The standard InChI is InChI=1S/C14H17BrFNO/c1-9-3-11(7-13(16)4-9)14(18)17(2)8-10-5-12(15)6-10/h3-4,7,10,12H,5-6,8H2,1-2H3. The van der Waals surface area contributed by atoms with Crippen LogP contribution in [-0.2, 0) is 0 Å². The van der Waals surface area contributed by atoms with E-state index in [-0.39, 0.29) is 11.7 Å². The molecule has 4 heteroatoms. The highest BCUT2D eigenvalue weighted by Gasteiger charge is 2.29. The van der Waals surface area contributed by atoms with Crippen molar-refractivity contribution < 1.29 is 9.18 Å². The number of benzene rings is 1. The fourth-order valence-electron chi connectivity index (χ4n) is 2.35. The number of rotatable bonds is 3. The Kier molecular flexibility index (Phi) is 4.05. The molecule has 1 saturated carbocycles. The van der Waals surface area contributed by atoms with Crippen LogP contribution in [-0.4, -0.2) is 29.2 Å². The summed E-state index contributed by atoms with van der Waals surface area (Å²) < 4.78 is 13.3. The topological polar surface area (TPSA) is 20.3 Å². The van der Waals surface area contributed by atoms with Crippen LogP contribution in [0.1, 0.15) is 28.8 Å². The Balaban J connectivity index is 2.01. The molecule has 0 heterocycles. The predicted octanol–water partition coefficient (Wildman–Crippen LogP) is 3.38. The summed E-state index contributed by atoms with van der Waals surface area (Å²) in [7, 11) is 1.78. The van der Waals surface area contributed by atoms with Gasteiger partial charge in [-0.25, -0.2) is 4.39 Å². The van der Waals surface area contributed by atoms with Gasteiger partial charge in [0.25, 0.3) is 5.91 Å². The molecule has 0 spiro atoms. The second kappa shape index (κ2) is 5.39. The molecule has 1 amide bonds. The van der Waals surface area contributed by atoms with Crippen molar-refractivity contribution in [2.24, 2.45) is 5.92 Å². The van der Waals surface area contributed by atoms with Crippen LogP contribution in [0.15, 0.2) is 18.2 Å². The van der Waals surface area contributed by atoms with Gasteiger partial charge in [-0.1, -0.05) is 15.9 Å². The molecule has 0 aliphatic heterocycles. The Bertz CT molecular complexity index is 437. The first kappa shape index (κ1) is 13.5. The predicted molar refractivity (Wildman–Crippen MR) is 73.5 cm³/mol. The maximum Gasteiger partial charge on any atom is 0.253 e. The van der Waals surface area contributed by atoms with Crippen LogP contribution in [0.4, 0.5) is 4.39 Å². The van der Waals surface area contributed by atoms with Crippen molar-refractivity contribution in [2.45, 2.75) is 24.6 Å². The molecule has 18 heavy (non-hydrogen) atoms. The highest BCUT2D eigenvalue weighted by Crippen LogP contribution is 2.33. The van der Waals surface area contributed by atoms with Crippen LogP contribution in [0.2, 0.25) is 0 Å². The molecule has 1 aromatic carbocycles. The smallest absolute Gasteiger partial charge is 0.253 e. The van der Waals surface area contributed by atoms with Crippen molar-refractivity contribution in [1.82, 2.24) is 4.90 Å². The summed E-state index contributed by atoms with van der Waals surface area (Å²) in [5.74, 6) is 0.115. The lowest BCUT2D eigenvalue weighted by Crippen LogP contribution is -2.37. The second-order valence-electron chi connectivity index (χ2n) is 5.14. The van der Waals surface area contributed by atoms with Gasteiger partial charge in [-0.2, -0.15) is 0 Å². The van der Waals surface area contributed by atoms with E-state index in [1.54, 1.807) is 24.9 Å². The van der Waals surface area contributed by atoms with Gasteiger partial charge in [0, 0.05) is 24.0 Å². The summed E-state index contributed by atoms with van der Waals surface area (Å²) in [6, 6.07) is 4.47. The maximum atomic E-state index is 13.3. The third-order valence-electron chi connectivity index (χ3n) is 3.35. The van der Waals surface area contributed by atoms with E-state index in [1.165, 1.54) is 12.1 Å². The van der Waals surface area contributed by atoms with E-state index in [0.29, 0.717) is 16.3 Å². The van der Waals surface area contributed by atoms with Crippen LogP contribution >= 0.6 is 15.9 Å². The van der Waals surface area contributed by atoms with E-state index in [0.717, 1.165) is 24.9 Å². The summed E-state index contributed by atoms with van der Waals surface area (Å²) in [5, 5.41) is 0. The zero-order valence-corrected chi connectivity index (χ0v) is 12.2. The van der Waals surface area contributed by atoms with Gasteiger partial charge in [-0.15, -0.1) is 0 Å². The van der Waals surface area contributed by atoms with E-state index in [2.05, 4.69) is 15.9 Å². The number of hydrogen-bond donors (Lipinski definition) is 0. The fraction of sp³-hybridized carbons (Fsp3) is 0.500. The number of halogens is 2. The molecule has 2 rings (SSSR count). The molecule has 2 nitrogen and oxygen atoms in total. The summed E-state index contributed by atoms with van der Waals surface area (Å²) in [6.07, 6.45) is 2.22. The maximum absolute atomic E-state index is 13.3. The van der Waals surface area contributed by atoms with Crippen LogP contribution in [0, 0.1) is 18.7 Å². The van der Waals surface area contributed by atoms with Gasteiger partial charge in [-0.05, 0) is 49.4 Å². The van der Waals surface area contributed by atoms with Crippen LogP contribution in [0.5, 0.6) is 0 Å². The average Bonchev–Trinajstić information content (AvgIpc) is 2.24. The minimum Gasteiger partial charge on any atom is -0.341 e. The number of nitrogens with zero attached hydrogens (tertiary/aromatic N) is 1. The van der Waals surface area contributed by atoms with E-state index >= 15 is 0 Å². The molecule has 98 valence electrons.